The van der Waals surface area contributed by atoms with Crippen molar-refractivity contribution in [3.63, 3.8) is 0 Å². The number of hydrogen-bond donors (Lipinski definition) is 1. The number of nitrogens with zero attached hydrogens (tertiary/aromatic N) is 1. The fourth-order valence-electron chi connectivity index (χ4n) is 4.23. The predicted octanol–water partition coefficient (Wildman–Crippen LogP) is 7.62. The second-order valence-corrected chi connectivity index (χ2v) is 8.70. The Morgan fingerprint density at radius 2 is 0.971 bits per heavy atom. The molecule has 34 heavy (non-hydrogen) atoms. The SMILES string of the molecule is Cc1cccc(N(C)c2ccc(-c3ccc([NH2+]c4ccc(-c5ccccc5)cc4)cc3)cc2)c1. The van der Waals surface area contributed by atoms with Crippen molar-refractivity contribution in [3.05, 3.63) is 133 Å². The summed E-state index contributed by atoms with van der Waals surface area (Å²) in [7, 11) is 2.11. The Labute approximate surface area is 202 Å². The lowest BCUT2D eigenvalue weighted by Crippen LogP contribution is -2.70. The van der Waals surface area contributed by atoms with E-state index in [0.29, 0.717) is 0 Å². The minimum absolute atomic E-state index is 1.18. The minimum atomic E-state index is 1.18. The van der Waals surface area contributed by atoms with Crippen LogP contribution in [0.1, 0.15) is 5.56 Å². The third kappa shape index (κ3) is 4.93. The van der Waals surface area contributed by atoms with Gasteiger partial charge in [0.1, 0.15) is 11.4 Å². The second-order valence-electron chi connectivity index (χ2n) is 8.70. The number of nitrogens with two attached hydrogens (primary N) is 1. The molecule has 0 aromatic heterocycles. The van der Waals surface area contributed by atoms with Gasteiger partial charge in [-0.3, -0.25) is 5.32 Å². The molecule has 5 aromatic rings. The van der Waals surface area contributed by atoms with Gasteiger partial charge in [0.05, 0.1) is 0 Å². The van der Waals surface area contributed by atoms with Crippen LogP contribution in [0.5, 0.6) is 0 Å². The van der Waals surface area contributed by atoms with E-state index in [0.717, 1.165) is 0 Å². The summed E-state index contributed by atoms with van der Waals surface area (Å²) < 4.78 is 0. The van der Waals surface area contributed by atoms with Gasteiger partial charge < -0.3 is 4.90 Å². The van der Waals surface area contributed by atoms with Crippen molar-refractivity contribution in [1.82, 2.24) is 0 Å². The first-order valence-electron chi connectivity index (χ1n) is 11.7. The van der Waals surface area contributed by atoms with Gasteiger partial charge in [0.25, 0.3) is 0 Å². The zero-order chi connectivity index (χ0) is 23.3. The van der Waals surface area contributed by atoms with Gasteiger partial charge in [-0.25, -0.2) is 0 Å². The van der Waals surface area contributed by atoms with Crippen molar-refractivity contribution in [2.24, 2.45) is 0 Å². The van der Waals surface area contributed by atoms with E-state index >= 15 is 0 Å². The topological polar surface area (TPSA) is 19.9 Å². The lowest BCUT2D eigenvalue weighted by atomic mass is 10.0. The van der Waals surface area contributed by atoms with Gasteiger partial charge in [-0.1, -0.05) is 54.6 Å². The molecule has 0 heterocycles. The largest absolute Gasteiger partial charge is 0.345 e. The third-order valence-corrected chi connectivity index (χ3v) is 6.24. The van der Waals surface area contributed by atoms with Crippen molar-refractivity contribution in [2.45, 2.75) is 6.92 Å². The molecule has 2 heteroatoms. The van der Waals surface area contributed by atoms with Gasteiger partial charge in [0.2, 0.25) is 0 Å². The van der Waals surface area contributed by atoms with E-state index in [2.05, 4.69) is 146 Å². The Kier molecular flexibility index (Phi) is 6.24. The number of benzene rings is 5. The van der Waals surface area contributed by atoms with Crippen molar-refractivity contribution in [3.8, 4) is 22.3 Å². The quantitative estimate of drug-likeness (QED) is 0.269. The summed E-state index contributed by atoms with van der Waals surface area (Å²) in [5.41, 5.74) is 11.0. The van der Waals surface area contributed by atoms with Crippen molar-refractivity contribution >= 4 is 22.7 Å². The predicted molar refractivity (Wildman–Crippen MR) is 144 cm³/mol. The van der Waals surface area contributed by atoms with Crippen LogP contribution in [0.4, 0.5) is 22.7 Å². The summed E-state index contributed by atoms with van der Waals surface area (Å²) in [6, 6.07) is 45.3. The first kappa shape index (κ1) is 21.7. The van der Waals surface area contributed by atoms with Crippen LogP contribution in [0.15, 0.2) is 127 Å². The summed E-state index contributed by atoms with van der Waals surface area (Å²) in [5, 5.41) is 2.22. The van der Waals surface area contributed by atoms with E-state index in [4.69, 9.17) is 0 Å². The fraction of sp³-hybridized carbons (Fsp3) is 0.0625. The van der Waals surface area contributed by atoms with Crippen molar-refractivity contribution in [1.29, 1.82) is 0 Å². The maximum atomic E-state index is 2.22. The molecule has 0 spiro atoms. The molecule has 166 valence electrons. The summed E-state index contributed by atoms with van der Waals surface area (Å²) >= 11 is 0. The molecular formula is C32H29N2+. The maximum Gasteiger partial charge on any atom is 0.134 e. The van der Waals surface area contributed by atoms with Crippen molar-refractivity contribution < 1.29 is 5.32 Å². The van der Waals surface area contributed by atoms with E-state index < -0.39 is 0 Å². The Bertz CT molecular complexity index is 1350. The Morgan fingerprint density at radius 1 is 0.471 bits per heavy atom. The first-order chi connectivity index (χ1) is 16.7. The molecule has 0 saturated carbocycles. The van der Waals surface area contributed by atoms with E-state index in [1.807, 2.05) is 6.07 Å². The minimum Gasteiger partial charge on any atom is -0.345 e. The number of quaternary nitrogens is 1. The highest BCUT2D eigenvalue weighted by atomic mass is 15.1. The van der Waals surface area contributed by atoms with Gasteiger partial charge in [-0.2, -0.15) is 0 Å². The van der Waals surface area contributed by atoms with E-state index in [1.54, 1.807) is 0 Å². The lowest BCUT2D eigenvalue weighted by molar-refractivity contribution is -0.478. The van der Waals surface area contributed by atoms with Gasteiger partial charge in [0, 0.05) is 18.4 Å². The zero-order valence-electron chi connectivity index (χ0n) is 19.6. The van der Waals surface area contributed by atoms with Gasteiger partial charge in [-0.15, -0.1) is 0 Å². The molecule has 5 rings (SSSR count). The number of aryl methyl sites for hydroxylation is 1. The summed E-state index contributed by atoms with van der Waals surface area (Å²) in [6.07, 6.45) is 0. The molecule has 0 unspecified atom stereocenters. The molecule has 2 N–H and O–H groups in total. The molecule has 0 aliphatic heterocycles. The van der Waals surface area contributed by atoms with Crippen LogP contribution >= 0.6 is 0 Å². The molecule has 0 atom stereocenters. The molecule has 5 aromatic carbocycles. The number of hydrogen-bond acceptors (Lipinski definition) is 1. The highest BCUT2D eigenvalue weighted by Crippen LogP contribution is 2.28. The average molecular weight is 442 g/mol. The summed E-state index contributed by atoms with van der Waals surface area (Å²) in [5.74, 6) is 0. The molecule has 0 aliphatic rings. The number of rotatable bonds is 6. The van der Waals surface area contributed by atoms with Crippen LogP contribution < -0.4 is 10.2 Å². The molecular weight excluding hydrogens is 412 g/mol. The van der Waals surface area contributed by atoms with Crippen LogP contribution in [-0.2, 0) is 0 Å². The van der Waals surface area contributed by atoms with E-state index in [1.165, 1.54) is 50.6 Å². The molecule has 0 bridgehead atoms. The molecule has 0 saturated heterocycles. The Morgan fingerprint density at radius 3 is 1.50 bits per heavy atom. The third-order valence-electron chi connectivity index (χ3n) is 6.24. The van der Waals surface area contributed by atoms with Crippen LogP contribution in [-0.4, -0.2) is 7.05 Å². The number of anilines is 2. The normalized spacial score (nSPS) is 10.8. The fourth-order valence-corrected chi connectivity index (χ4v) is 4.23. The van der Waals surface area contributed by atoms with Gasteiger partial charge in [0.15, 0.2) is 0 Å². The monoisotopic (exact) mass is 441 g/mol. The van der Waals surface area contributed by atoms with Crippen LogP contribution in [0.3, 0.4) is 0 Å². The molecule has 0 fully saturated rings. The first-order valence-corrected chi connectivity index (χ1v) is 11.7. The molecule has 0 radical (unpaired) electrons. The lowest BCUT2D eigenvalue weighted by Gasteiger charge is -2.20. The molecule has 0 aliphatic carbocycles. The van der Waals surface area contributed by atoms with E-state index in [-0.39, 0.29) is 0 Å². The molecule has 0 amide bonds. The second kappa shape index (κ2) is 9.78. The standard InChI is InChI=1S/C32H28N2/c1-24-7-6-10-32(23-24)34(2)31-21-15-28(16-22-31)27-13-19-30(20-14-27)33-29-17-11-26(12-18-29)25-8-4-3-5-9-25/h3-23,33H,1-2H3/p+1. The van der Waals surface area contributed by atoms with Gasteiger partial charge >= 0.3 is 0 Å². The van der Waals surface area contributed by atoms with Crippen LogP contribution in [0.2, 0.25) is 0 Å². The Hall–Kier alpha value is -4.14. The highest BCUT2D eigenvalue weighted by Gasteiger charge is 2.07. The maximum absolute atomic E-state index is 2.22. The zero-order valence-corrected chi connectivity index (χ0v) is 19.6. The Balaban J connectivity index is 1.26. The van der Waals surface area contributed by atoms with Crippen LogP contribution in [0, 0.1) is 6.92 Å². The molecule has 2 nitrogen and oxygen atoms in total. The average Bonchev–Trinajstić information content (AvgIpc) is 2.90. The van der Waals surface area contributed by atoms with E-state index in [9.17, 15) is 0 Å². The highest BCUT2D eigenvalue weighted by molar-refractivity contribution is 5.70. The summed E-state index contributed by atoms with van der Waals surface area (Å²) in [6.45, 7) is 2.13. The summed E-state index contributed by atoms with van der Waals surface area (Å²) in [4.78, 5) is 2.22. The van der Waals surface area contributed by atoms with Gasteiger partial charge in [-0.05, 0) is 108 Å². The van der Waals surface area contributed by atoms with Crippen molar-refractivity contribution in [2.75, 3.05) is 11.9 Å². The van der Waals surface area contributed by atoms with Crippen LogP contribution in [0.25, 0.3) is 22.3 Å². The smallest absolute Gasteiger partial charge is 0.134 e.